The summed E-state index contributed by atoms with van der Waals surface area (Å²) in [7, 11) is 0. The summed E-state index contributed by atoms with van der Waals surface area (Å²) < 4.78 is 6.44. The van der Waals surface area contributed by atoms with Crippen LogP contribution in [-0.2, 0) is 4.74 Å². The number of nitrogens with one attached hydrogen (secondary N) is 1. The highest BCUT2D eigenvalue weighted by Crippen LogP contribution is 2.28. The van der Waals surface area contributed by atoms with Gasteiger partial charge in [0.2, 0.25) is 0 Å². The van der Waals surface area contributed by atoms with Crippen LogP contribution in [0.2, 0.25) is 0 Å². The number of rotatable bonds is 1. The minimum Gasteiger partial charge on any atom is -0.388 e. The van der Waals surface area contributed by atoms with Crippen molar-refractivity contribution in [3.05, 3.63) is 32.6 Å². The highest BCUT2D eigenvalue weighted by Gasteiger charge is 2.42. The predicted molar refractivity (Wildman–Crippen MR) is 57.7 cm³/mol. The molecule has 0 spiro atoms. The largest absolute Gasteiger partial charge is 0.388 e. The number of aliphatic hydroxyl groups is 2. The lowest BCUT2D eigenvalue weighted by Crippen LogP contribution is -2.39. The Kier molecular flexibility index (Phi) is 2.90. The van der Waals surface area contributed by atoms with Gasteiger partial charge in [-0.2, -0.15) is 0 Å². The van der Waals surface area contributed by atoms with Crippen LogP contribution in [0.25, 0.3) is 0 Å². The van der Waals surface area contributed by atoms with Gasteiger partial charge in [-0.05, 0) is 13.8 Å². The Balaban J connectivity index is 2.49. The molecule has 0 radical (unpaired) electrons. The third kappa shape index (κ3) is 1.92. The summed E-state index contributed by atoms with van der Waals surface area (Å²) >= 11 is 0. The fourth-order valence-corrected chi connectivity index (χ4v) is 1.98. The molecule has 1 aromatic rings. The average Bonchev–Trinajstić information content (AvgIpc) is 2.45. The summed E-state index contributed by atoms with van der Waals surface area (Å²) in [5, 5.41) is 19.3. The van der Waals surface area contributed by atoms with E-state index in [0.29, 0.717) is 5.69 Å². The lowest BCUT2D eigenvalue weighted by atomic mass is 10.1. The molecule has 0 bridgehead atoms. The van der Waals surface area contributed by atoms with Crippen LogP contribution in [0.1, 0.15) is 18.8 Å². The summed E-state index contributed by atoms with van der Waals surface area (Å²) in [5.74, 6) is 0. The molecule has 7 nitrogen and oxygen atoms in total. The molecular formula is C10H14N2O5. The molecule has 7 heteroatoms. The first kappa shape index (κ1) is 12.0. The summed E-state index contributed by atoms with van der Waals surface area (Å²) in [4.78, 5) is 24.8. The SMILES string of the molecule is Cc1cc(=O)[nH]c(=O)n1C1O[C@H](C)[C@@H](O)[C@H]1O. The van der Waals surface area contributed by atoms with Crippen LogP contribution >= 0.6 is 0 Å². The summed E-state index contributed by atoms with van der Waals surface area (Å²) in [6.45, 7) is 3.15. The Labute approximate surface area is 96.3 Å². The molecule has 0 aliphatic carbocycles. The van der Waals surface area contributed by atoms with E-state index in [9.17, 15) is 19.8 Å². The molecule has 1 aromatic heterocycles. The highest BCUT2D eigenvalue weighted by atomic mass is 16.6. The van der Waals surface area contributed by atoms with Gasteiger partial charge in [0.05, 0.1) is 6.10 Å². The fraction of sp³-hybridized carbons (Fsp3) is 0.600. The molecule has 2 rings (SSSR count). The van der Waals surface area contributed by atoms with Crippen LogP contribution < -0.4 is 11.2 Å². The average molecular weight is 242 g/mol. The van der Waals surface area contributed by atoms with Crippen LogP contribution in [0, 0.1) is 6.92 Å². The monoisotopic (exact) mass is 242 g/mol. The van der Waals surface area contributed by atoms with Gasteiger partial charge < -0.3 is 14.9 Å². The van der Waals surface area contributed by atoms with Gasteiger partial charge in [0.25, 0.3) is 5.56 Å². The minimum absolute atomic E-state index is 0.365. The Morgan fingerprint density at radius 3 is 2.47 bits per heavy atom. The molecule has 3 N–H and O–H groups in total. The molecule has 0 amide bonds. The van der Waals surface area contributed by atoms with Crippen molar-refractivity contribution in [3.63, 3.8) is 0 Å². The molecule has 1 aliphatic heterocycles. The Morgan fingerprint density at radius 1 is 1.35 bits per heavy atom. The quantitative estimate of drug-likeness (QED) is 0.555. The number of aliphatic hydroxyl groups excluding tert-OH is 2. The molecule has 1 fully saturated rings. The zero-order valence-electron chi connectivity index (χ0n) is 9.45. The van der Waals surface area contributed by atoms with Crippen LogP contribution in [0.15, 0.2) is 15.7 Å². The van der Waals surface area contributed by atoms with Crippen molar-refractivity contribution in [1.82, 2.24) is 9.55 Å². The number of aryl methyl sites for hydroxylation is 1. The maximum atomic E-state index is 11.6. The van der Waals surface area contributed by atoms with Gasteiger partial charge in [0.15, 0.2) is 6.23 Å². The van der Waals surface area contributed by atoms with Crippen LogP contribution in [0.5, 0.6) is 0 Å². The molecule has 0 aromatic carbocycles. The van der Waals surface area contributed by atoms with Crippen molar-refractivity contribution in [3.8, 4) is 0 Å². The van der Waals surface area contributed by atoms with E-state index in [1.165, 1.54) is 6.07 Å². The first-order chi connectivity index (χ1) is 7.91. The first-order valence-corrected chi connectivity index (χ1v) is 5.26. The molecule has 2 heterocycles. The van der Waals surface area contributed by atoms with E-state index in [4.69, 9.17) is 4.74 Å². The van der Waals surface area contributed by atoms with Crippen molar-refractivity contribution < 1.29 is 14.9 Å². The smallest absolute Gasteiger partial charge is 0.330 e. The maximum Gasteiger partial charge on any atom is 0.330 e. The van der Waals surface area contributed by atoms with Gasteiger partial charge in [0.1, 0.15) is 12.2 Å². The van der Waals surface area contributed by atoms with Crippen LogP contribution in [0.3, 0.4) is 0 Å². The number of H-pyrrole nitrogens is 1. The maximum absolute atomic E-state index is 11.6. The number of hydrogen-bond donors (Lipinski definition) is 3. The van der Waals surface area contributed by atoms with E-state index in [2.05, 4.69) is 4.98 Å². The predicted octanol–water partition coefficient (Wildman–Crippen LogP) is -1.52. The van der Waals surface area contributed by atoms with Gasteiger partial charge in [-0.15, -0.1) is 0 Å². The Morgan fingerprint density at radius 2 is 2.00 bits per heavy atom. The summed E-state index contributed by atoms with van der Waals surface area (Å²) in [5.41, 5.74) is -0.811. The van der Waals surface area contributed by atoms with Gasteiger partial charge in [-0.1, -0.05) is 0 Å². The first-order valence-electron chi connectivity index (χ1n) is 5.26. The summed E-state index contributed by atoms with van der Waals surface area (Å²) in [6, 6.07) is 1.23. The molecule has 1 aliphatic rings. The molecule has 1 unspecified atom stereocenters. The van der Waals surface area contributed by atoms with E-state index < -0.39 is 35.8 Å². The number of nitrogens with zero attached hydrogens (tertiary/aromatic N) is 1. The van der Waals surface area contributed by atoms with Crippen molar-refractivity contribution in [2.45, 2.75) is 38.4 Å². The second-order valence-electron chi connectivity index (χ2n) is 4.16. The van der Waals surface area contributed by atoms with Gasteiger partial charge in [0, 0.05) is 11.8 Å². The van der Waals surface area contributed by atoms with Gasteiger partial charge in [-0.25, -0.2) is 4.79 Å². The zero-order chi connectivity index (χ0) is 12.7. The standard InChI is InChI=1S/C10H14N2O5/c1-4-3-6(13)11-10(16)12(4)9-8(15)7(14)5(2)17-9/h3,5,7-9,14-15H,1-2H3,(H,11,13,16)/t5-,7-,8-,9?/m1/s1. The number of hydrogen-bond acceptors (Lipinski definition) is 5. The van der Waals surface area contributed by atoms with Crippen molar-refractivity contribution >= 4 is 0 Å². The van der Waals surface area contributed by atoms with E-state index in [-0.39, 0.29) is 0 Å². The van der Waals surface area contributed by atoms with E-state index >= 15 is 0 Å². The van der Waals surface area contributed by atoms with Crippen LogP contribution in [-0.4, -0.2) is 38.1 Å². The third-order valence-electron chi connectivity index (χ3n) is 2.90. The van der Waals surface area contributed by atoms with Crippen molar-refractivity contribution in [1.29, 1.82) is 0 Å². The topological polar surface area (TPSA) is 105 Å². The molecule has 1 saturated heterocycles. The van der Waals surface area contributed by atoms with Crippen molar-refractivity contribution in [2.75, 3.05) is 0 Å². The number of aromatic amines is 1. The Hall–Kier alpha value is -1.44. The second kappa shape index (κ2) is 4.10. The fourth-order valence-electron chi connectivity index (χ4n) is 1.98. The normalized spacial score (nSPS) is 32.9. The van der Waals surface area contributed by atoms with Gasteiger partial charge >= 0.3 is 5.69 Å². The Bertz CT molecular complexity index is 534. The lowest BCUT2D eigenvalue weighted by molar-refractivity contribution is -0.0362. The molecule has 17 heavy (non-hydrogen) atoms. The molecule has 4 atom stereocenters. The number of ether oxygens (including phenoxy) is 1. The molecule has 0 saturated carbocycles. The van der Waals surface area contributed by atoms with E-state index in [1.54, 1.807) is 13.8 Å². The number of aromatic nitrogens is 2. The minimum atomic E-state index is -1.20. The zero-order valence-corrected chi connectivity index (χ0v) is 9.45. The third-order valence-corrected chi connectivity index (χ3v) is 2.90. The van der Waals surface area contributed by atoms with Gasteiger partial charge in [-0.3, -0.25) is 14.3 Å². The van der Waals surface area contributed by atoms with E-state index in [0.717, 1.165) is 4.57 Å². The molecular weight excluding hydrogens is 228 g/mol. The molecule has 94 valence electrons. The van der Waals surface area contributed by atoms with Crippen LogP contribution in [0.4, 0.5) is 0 Å². The summed E-state index contributed by atoms with van der Waals surface area (Å²) in [6.07, 6.45) is -3.82. The van der Waals surface area contributed by atoms with Crippen molar-refractivity contribution in [2.24, 2.45) is 0 Å². The highest BCUT2D eigenvalue weighted by molar-refractivity contribution is 5.02. The lowest BCUT2D eigenvalue weighted by Gasteiger charge is -2.19. The van der Waals surface area contributed by atoms with E-state index in [1.807, 2.05) is 0 Å². The second-order valence-corrected chi connectivity index (χ2v) is 4.16.